The lowest BCUT2D eigenvalue weighted by Gasteiger charge is -2.39. The molecule has 2 amide bonds. The number of ether oxygens (including phenoxy) is 2. The number of carbonyl (C=O) groups is 2. The van der Waals surface area contributed by atoms with Crippen molar-refractivity contribution in [2.75, 3.05) is 26.3 Å². The lowest BCUT2D eigenvalue weighted by molar-refractivity contribution is -0.00805. The van der Waals surface area contributed by atoms with Crippen LogP contribution in [0.4, 0.5) is 9.18 Å². The van der Waals surface area contributed by atoms with Gasteiger partial charge in [0.1, 0.15) is 5.60 Å². The average Bonchev–Trinajstić information content (AvgIpc) is 2.72. The standard InChI is InChI=1S/C25H31FN2O5/c1-16(14-29)27-23(30)19-7-5-18(6-8-19)20-9-10-22(21(26)11-20)32-15-17-12-28(13-17)24(31)33-25(2,3)4/h5-11,16-17,29H,12-15H2,1-4H3,(H,27,30). The van der Waals surface area contributed by atoms with E-state index >= 15 is 0 Å². The van der Waals surface area contributed by atoms with E-state index in [-0.39, 0.29) is 36.3 Å². The molecule has 0 radical (unpaired) electrons. The smallest absolute Gasteiger partial charge is 0.410 e. The summed E-state index contributed by atoms with van der Waals surface area (Å²) in [6.45, 7) is 8.39. The van der Waals surface area contributed by atoms with Crippen LogP contribution in [0.3, 0.4) is 0 Å². The van der Waals surface area contributed by atoms with Crippen molar-refractivity contribution < 1.29 is 28.6 Å². The zero-order valence-electron chi connectivity index (χ0n) is 19.4. The summed E-state index contributed by atoms with van der Waals surface area (Å²) >= 11 is 0. The van der Waals surface area contributed by atoms with Crippen molar-refractivity contribution in [1.29, 1.82) is 0 Å². The first-order valence-electron chi connectivity index (χ1n) is 11.0. The number of nitrogens with one attached hydrogen (secondary N) is 1. The van der Waals surface area contributed by atoms with Crippen molar-refractivity contribution in [2.45, 2.75) is 39.3 Å². The van der Waals surface area contributed by atoms with Crippen LogP contribution >= 0.6 is 0 Å². The predicted octanol–water partition coefficient (Wildman–Crippen LogP) is 3.85. The van der Waals surface area contributed by atoms with Gasteiger partial charge in [-0.05, 0) is 63.1 Å². The van der Waals surface area contributed by atoms with Gasteiger partial charge in [0.2, 0.25) is 0 Å². The van der Waals surface area contributed by atoms with E-state index in [1.54, 1.807) is 48.2 Å². The van der Waals surface area contributed by atoms with Crippen LogP contribution in [0.2, 0.25) is 0 Å². The number of hydrogen-bond acceptors (Lipinski definition) is 5. The normalized spacial score (nSPS) is 14.9. The van der Waals surface area contributed by atoms with E-state index < -0.39 is 11.4 Å². The minimum Gasteiger partial charge on any atom is -0.490 e. The lowest BCUT2D eigenvalue weighted by Crippen LogP contribution is -2.53. The highest BCUT2D eigenvalue weighted by Crippen LogP contribution is 2.27. The Kier molecular flexibility index (Phi) is 7.58. The van der Waals surface area contributed by atoms with Crippen LogP contribution < -0.4 is 10.1 Å². The van der Waals surface area contributed by atoms with Crippen molar-refractivity contribution >= 4 is 12.0 Å². The maximum atomic E-state index is 14.6. The number of aliphatic hydroxyl groups excluding tert-OH is 1. The van der Waals surface area contributed by atoms with Gasteiger partial charge in [-0.1, -0.05) is 18.2 Å². The Bertz CT molecular complexity index is 981. The van der Waals surface area contributed by atoms with Crippen LogP contribution in [0.5, 0.6) is 5.75 Å². The molecule has 1 atom stereocenters. The maximum absolute atomic E-state index is 14.6. The summed E-state index contributed by atoms with van der Waals surface area (Å²) in [5.74, 6) is -0.471. The highest BCUT2D eigenvalue weighted by molar-refractivity contribution is 5.94. The minimum atomic E-state index is -0.533. The third-order valence-corrected chi connectivity index (χ3v) is 5.15. The van der Waals surface area contributed by atoms with Crippen molar-refractivity contribution in [2.24, 2.45) is 5.92 Å². The SMILES string of the molecule is CC(CO)NC(=O)c1ccc(-c2ccc(OCC3CN(C(=O)OC(C)(C)C)C3)c(F)c2)cc1. The molecule has 2 aromatic carbocycles. The van der Waals surface area contributed by atoms with E-state index in [4.69, 9.17) is 14.6 Å². The van der Waals surface area contributed by atoms with E-state index in [1.807, 2.05) is 20.8 Å². The van der Waals surface area contributed by atoms with Gasteiger partial charge in [-0.3, -0.25) is 4.79 Å². The summed E-state index contributed by atoms with van der Waals surface area (Å²) in [5, 5.41) is 11.7. The van der Waals surface area contributed by atoms with E-state index in [2.05, 4.69) is 5.32 Å². The van der Waals surface area contributed by atoms with Crippen LogP contribution in [-0.4, -0.2) is 60.0 Å². The Labute approximate surface area is 193 Å². The van der Waals surface area contributed by atoms with Gasteiger partial charge >= 0.3 is 6.09 Å². The number of aliphatic hydroxyl groups is 1. The third-order valence-electron chi connectivity index (χ3n) is 5.15. The molecule has 8 heteroatoms. The van der Waals surface area contributed by atoms with Crippen molar-refractivity contribution in [3.63, 3.8) is 0 Å². The van der Waals surface area contributed by atoms with Crippen molar-refractivity contribution in [3.05, 3.63) is 53.8 Å². The van der Waals surface area contributed by atoms with Gasteiger partial charge in [-0.2, -0.15) is 0 Å². The molecule has 1 heterocycles. The van der Waals surface area contributed by atoms with Crippen LogP contribution in [0, 0.1) is 11.7 Å². The molecular formula is C25H31FN2O5. The first-order chi connectivity index (χ1) is 15.6. The van der Waals surface area contributed by atoms with E-state index in [1.165, 1.54) is 6.07 Å². The number of amides is 2. The summed E-state index contributed by atoms with van der Waals surface area (Å²) in [4.78, 5) is 25.7. The van der Waals surface area contributed by atoms with Crippen molar-refractivity contribution in [1.82, 2.24) is 10.2 Å². The molecule has 7 nitrogen and oxygen atoms in total. The van der Waals surface area contributed by atoms with Crippen LogP contribution in [0.1, 0.15) is 38.1 Å². The monoisotopic (exact) mass is 458 g/mol. The van der Waals surface area contributed by atoms with Gasteiger partial charge in [0.15, 0.2) is 11.6 Å². The molecular weight excluding hydrogens is 427 g/mol. The predicted molar refractivity (Wildman–Crippen MR) is 123 cm³/mol. The molecule has 1 saturated heterocycles. The summed E-state index contributed by atoms with van der Waals surface area (Å²) in [7, 11) is 0. The fourth-order valence-electron chi connectivity index (χ4n) is 3.32. The molecule has 2 N–H and O–H groups in total. The second-order valence-corrected chi connectivity index (χ2v) is 9.34. The molecule has 0 aromatic heterocycles. The number of halogens is 1. The number of benzene rings is 2. The van der Waals surface area contributed by atoms with Gasteiger partial charge in [0.05, 0.1) is 13.2 Å². The van der Waals surface area contributed by atoms with Gasteiger partial charge in [0, 0.05) is 30.6 Å². The summed E-state index contributed by atoms with van der Waals surface area (Å²) in [6, 6.07) is 11.2. The van der Waals surface area contributed by atoms with Gasteiger partial charge in [-0.25, -0.2) is 9.18 Å². The largest absolute Gasteiger partial charge is 0.490 e. The second-order valence-electron chi connectivity index (χ2n) is 9.34. The molecule has 0 saturated carbocycles. The molecule has 1 fully saturated rings. The molecule has 0 bridgehead atoms. The number of likely N-dealkylation sites (tertiary alicyclic amines) is 1. The zero-order valence-corrected chi connectivity index (χ0v) is 19.4. The Balaban J connectivity index is 1.52. The number of carbonyl (C=O) groups excluding carboxylic acids is 2. The average molecular weight is 459 g/mol. The number of nitrogens with zero attached hydrogens (tertiary/aromatic N) is 1. The van der Waals surface area contributed by atoms with E-state index in [0.717, 1.165) is 5.56 Å². The molecule has 2 aromatic rings. The summed E-state index contributed by atoms with van der Waals surface area (Å²) in [6.07, 6.45) is -0.347. The van der Waals surface area contributed by atoms with Gasteiger partial charge in [-0.15, -0.1) is 0 Å². The first-order valence-corrected chi connectivity index (χ1v) is 11.0. The first kappa shape index (κ1) is 24.5. The molecule has 1 aliphatic rings. The Morgan fingerprint density at radius 3 is 2.36 bits per heavy atom. The van der Waals surface area contributed by atoms with Crippen LogP contribution in [0.15, 0.2) is 42.5 Å². The van der Waals surface area contributed by atoms with Gasteiger partial charge in [0.25, 0.3) is 5.91 Å². The molecule has 178 valence electrons. The molecule has 1 aliphatic heterocycles. The Hall–Kier alpha value is -3.13. The van der Waals surface area contributed by atoms with E-state index in [9.17, 15) is 14.0 Å². The molecule has 3 rings (SSSR count). The zero-order chi connectivity index (χ0) is 24.2. The summed E-state index contributed by atoms with van der Waals surface area (Å²) < 4.78 is 25.5. The maximum Gasteiger partial charge on any atom is 0.410 e. The van der Waals surface area contributed by atoms with Gasteiger partial charge < -0.3 is 24.8 Å². The van der Waals surface area contributed by atoms with Crippen LogP contribution in [-0.2, 0) is 4.74 Å². The topological polar surface area (TPSA) is 88.1 Å². The Morgan fingerprint density at radius 1 is 1.15 bits per heavy atom. The molecule has 33 heavy (non-hydrogen) atoms. The van der Waals surface area contributed by atoms with Crippen LogP contribution in [0.25, 0.3) is 11.1 Å². The quantitative estimate of drug-likeness (QED) is 0.658. The Morgan fingerprint density at radius 2 is 1.79 bits per heavy atom. The fourth-order valence-corrected chi connectivity index (χ4v) is 3.32. The second kappa shape index (κ2) is 10.2. The van der Waals surface area contributed by atoms with Crippen molar-refractivity contribution in [3.8, 4) is 16.9 Å². The number of hydrogen-bond donors (Lipinski definition) is 2. The number of rotatable bonds is 7. The summed E-state index contributed by atoms with van der Waals surface area (Å²) in [5.41, 5.74) is 1.35. The molecule has 1 unspecified atom stereocenters. The molecule has 0 aliphatic carbocycles. The third kappa shape index (κ3) is 6.68. The molecule has 0 spiro atoms. The highest BCUT2D eigenvalue weighted by Gasteiger charge is 2.34. The van der Waals surface area contributed by atoms with E-state index in [0.29, 0.717) is 30.8 Å². The lowest BCUT2D eigenvalue weighted by atomic mass is 10.0. The minimum absolute atomic E-state index is 0.129. The fraction of sp³-hybridized carbons (Fsp3) is 0.440. The highest BCUT2D eigenvalue weighted by atomic mass is 19.1.